The third-order valence-electron chi connectivity index (χ3n) is 2.95. The average Bonchev–Trinajstić information content (AvgIpc) is 2.44. The summed E-state index contributed by atoms with van der Waals surface area (Å²) in [7, 11) is -3.39. The second-order valence-electron chi connectivity index (χ2n) is 4.81. The third kappa shape index (κ3) is 4.17. The molecule has 0 amide bonds. The summed E-state index contributed by atoms with van der Waals surface area (Å²) in [5, 5.41) is 0. The van der Waals surface area contributed by atoms with Crippen molar-refractivity contribution in [3.05, 3.63) is 42.2 Å². The maximum absolute atomic E-state index is 12.4. The Bertz CT molecular complexity index is 763. The van der Waals surface area contributed by atoms with Gasteiger partial charge in [-0.15, -0.1) is 0 Å². The van der Waals surface area contributed by atoms with Crippen LogP contribution in [-0.4, -0.2) is 32.9 Å². The SMILES string of the molecule is Cc1ccncc1-c1ccc(NS(C)(=O)=O)cc1OCCF. The fraction of sp³-hybridized carbons (Fsp3) is 0.267. The van der Waals surface area contributed by atoms with Crippen molar-refractivity contribution in [3.63, 3.8) is 0 Å². The van der Waals surface area contributed by atoms with Gasteiger partial charge >= 0.3 is 0 Å². The monoisotopic (exact) mass is 324 g/mol. The fourth-order valence-corrected chi connectivity index (χ4v) is 2.59. The van der Waals surface area contributed by atoms with Crippen LogP contribution in [0.25, 0.3) is 11.1 Å². The fourth-order valence-electron chi connectivity index (χ4n) is 2.04. The molecule has 0 saturated heterocycles. The van der Waals surface area contributed by atoms with Crippen LogP contribution in [0.5, 0.6) is 5.75 Å². The Hall–Kier alpha value is -2.15. The van der Waals surface area contributed by atoms with Gasteiger partial charge in [0.2, 0.25) is 10.0 Å². The zero-order chi connectivity index (χ0) is 16.2. The number of anilines is 1. The van der Waals surface area contributed by atoms with Gasteiger partial charge in [-0.2, -0.15) is 0 Å². The molecule has 2 aromatic rings. The molecular formula is C15H17FN2O3S. The summed E-state index contributed by atoms with van der Waals surface area (Å²) in [6.07, 6.45) is 4.44. The van der Waals surface area contributed by atoms with Crippen LogP contribution in [0.15, 0.2) is 36.7 Å². The van der Waals surface area contributed by atoms with Gasteiger partial charge in [-0.1, -0.05) is 0 Å². The smallest absolute Gasteiger partial charge is 0.229 e. The molecule has 5 nitrogen and oxygen atoms in total. The van der Waals surface area contributed by atoms with E-state index in [1.54, 1.807) is 30.6 Å². The van der Waals surface area contributed by atoms with Crippen molar-refractivity contribution >= 4 is 15.7 Å². The van der Waals surface area contributed by atoms with E-state index < -0.39 is 16.7 Å². The van der Waals surface area contributed by atoms with Gasteiger partial charge in [-0.3, -0.25) is 9.71 Å². The normalized spacial score (nSPS) is 11.2. The number of nitrogens with zero attached hydrogens (tertiary/aromatic N) is 1. The van der Waals surface area contributed by atoms with Crippen molar-refractivity contribution in [1.29, 1.82) is 0 Å². The Kier molecular flexibility index (Phi) is 4.97. The van der Waals surface area contributed by atoms with Crippen LogP contribution < -0.4 is 9.46 Å². The highest BCUT2D eigenvalue weighted by Gasteiger charge is 2.12. The number of aromatic nitrogens is 1. The number of aryl methyl sites for hydroxylation is 1. The zero-order valence-electron chi connectivity index (χ0n) is 12.3. The molecule has 1 aromatic heterocycles. The summed E-state index contributed by atoms with van der Waals surface area (Å²) in [5.41, 5.74) is 2.94. The number of halogens is 1. The highest BCUT2D eigenvalue weighted by molar-refractivity contribution is 7.92. The molecule has 0 saturated carbocycles. The number of benzene rings is 1. The van der Waals surface area contributed by atoms with Crippen LogP contribution in [0.3, 0.4) is 0 Å². The lowest BCUT2D eigenvalue weighted by atomic mass is 10.0. The van der Waals surface area contributed by atoms with E-state index in [0.717, 1.165) is 22.9 Å². The predicted octanol–water partition coefficient (Wildman–Crippen LogP) is 2.78. The van der Waals surface area contributed by atoms with Gasteiger partial charge in [-0.25, -0.2) is 12.8 Å². The summed E-state index contributed by atoms with van der Waals surface area (Å²) in [5.74, 6) is 0.405. The minimum atomic E-state index is -3.39. The summed E-state index contributed by atoms with van der Waals surface area (Å²) in [6.45, 7) is 1.20. The first kappa shape index (κ1) is 16.2. The summed E-state index contributed by atoms with van der Waals surface area (Å²) in [4.78, 5) is 4.08. The van der Waals surface area contributed by atoms with E-state index in [4.69, 9.17) is 4.74 Å². The van der Waals surface area contributed by atoms with Crippen LogP contribution in [0.4, 0.5) is 10.1 Å². The number of rotatable bonds is 6. The molecule has 118 valence electrons. The maximum Gasteiger partial charge on any atom is 0.229 e. The highest BCUT2D eigenvalue weighted by Crippen LogP contribution is 2.34. The first-order valence-electron chi connectivity index (χ1n) is 6.62. The highest BCUT2D eigenvalue weighted by atomic mass is 32.2. The second kappa shape index (κ2) is 6.74. The molecular weight excluding hydrogens is 307 g/mol. The Morgan fingerprint density at radius 1 is 1.27 bits per heavy atom. The van der Waals surface area contributed by atoms with Crippen molar-refractivity contribution < 1.29 is 17.5 Å². The van der Waals surface area contributed by atoms with E-state index in [-0.39, 0.29) is 6.61 Å². The van der Waals surface area contributed by atoms with E-state index >= 15 is 0 Å². The summed E-state index contributed by atoms with van der Waals surface area (Å²) in [6, 6.07) is 6.76. The molecule has 0 bridgehead atoms. The van der Waals surface area contributed by atoms with Gasteiger partial charge in [0.25, 0.3) is 0 Å². The third-order valence-corrected chi connectivity index (χ3v) is 3.56. The molecule has 0 atom stereocenters. The summed E-state index contributed by atoms with van der Waals surface area (Å²) >= 11 is 0. The van der Waals surface area contributed by atoms with Crippen LogP contribution in [-0.2, 0) is 10.0 Å². The Morgan fingerprint density at radius 3 is 2.68 bits per heavy atom. The first-order chi connectivity index (χ1) is 10.4. The van der Waals surface area contributed by atoms with Gasteiger partial charge < -0.3 is 4.74 Å². The molecule has 0 radical (unpaired) electrons. The molecule has 0 aliphatic rings. The second-order valence-corrected chi connectivity index (χ2v) is 6.56. The van der Waals surface area contributed by atoms with E-state index in [1.165, 1.54) is 0 Å². The van der Waals surface area contributed by atoms with Crippen LogP contribution in [0, 0.1) is 6.92 Å². The molecule has 0 fully saturated rings. The maximum atomic E-state index is 12.4. The van der Waals surface area contributed by atoms with Gasteiger partial charge in [0.15, 0.2) is 0 Å². The lowest BCUT2D eigenvalue weighted by molar-refractivity contribution is 0.274. The zero-order valence-corrected chi connectivity index (χ0v) is 13.2. The molecule has 1 N–H and O–H groups in total. The Labute approximate surface area is 129 Å². The van der Waals surface area contributed by atoms with Crippen molar-refractivity contribution in [2.24, 2.45) is 0 Å². The van der Waals surface area contributed by atoms with Gasteiger partial charge in [-0.05, 0) is 30.7 Å². The molecule has 0 unspecified atom stereocenters. The van der Waals surface area contributed by atoms with Gasteiger partial charge in [0.1, 0.15) is 19.0 Å². The van der Waals surface area contributed by atoms with Crippen LogP contribution in [0.2, 0.25) is 0 Å². The molecule has 0 aliphatic carbocycles. The Balaban J connectivity index is 2.47. The number of nitrogens with one attached hydrogen (secondary N) is 1. The van der Waals surface area contributed by atoms with E-state index in [0.29, 0.717) is 11.4 Å². The van der Waals surface area contributed by atoms with Crippen molar-refractivity contribution in [1.82, 2.24) is 4.98 Å². The standard InChI is InChI=1S/C15H17FN2O3S/c1-11-5-7-17-10-14(11)13-4-3-12(18-22(2,19)20)9-15(13)21-8-6-16/h3-5,7,9-10,18H,6,8H2,1-2H3. The lowest BCUT2D eigenvalue weighted by Crippen LogP contribution is -2.10. The van der Waals surface area contributed by atoms with E-state index in [1.807, 2.05) is 13.0 Å². The lowest BCUT2D eigenvalue weighted by Gasteiger charge is -2.14. The number of ether oxygens (including phenoxy) is 1. The average molecular weight is 324 g/mol. The number of alkyl halides is 1. The first-order valence-corrected chi connectivity index (χ1v) is 8.51. The quantitative estimate of drug-likeness (QED) is 0.887. The topological polar surface area (TPSA) is 68.3 Å². The summed E-state index contributed by atoms with van der Waals surface area (Å²) < 4.78 is 42.8. The minimum absolute atomic E-state index is 0.103. The molecule has 7 heteroatoms. The molecule has 0 spiro atoms. The van der Waals surface area contributed by atoms with Gasteiger partial charge in [0, 0.05) is 29.6 Å². The van der Waals surface area contributed by atoms with E-state index in [9.17, 15) is 12.8 Å². The molecule has 1 aromatic carbocycles. The number of pyridine rings is 1. The largest absolute Gasteiger partial charge is 0.490 e. The van der Waals surface area contributed by atoms with Gasteiger partial charge in [0.05, 0.1) is 11.9 Å². The minimum Gasteiger partial charge on any atom is -0.490 e. The Morgan fingerprint density at radius 2 is 2.05 bits per heavy atom. The van der Waals surface area contributed by atoms with E-state index in [2.05, 4.69) is 9.71 Å². The molecule has 0 aliphatic heterocycles. The number of sulfonamides is 1. The van der Waals surface area contributed by atoms with Crippen LogP contribution >= 0.6 is 0 Å². The molecule has 2 rings (SSSR count). The van der Waals surface area contributed by atoms with Crippen LogP contribution in [0.1, 0.15) is 5.56 Å². The molecule has 22 heavy (non-hydrogen) atoms. The van der Waals surface area contributed by atoms with Crippen molar-refractivity contribution in [2.45, 2.75) is 6.92 Å². The number of hydrogen-bond donors (Lipinski definition) is 1. The predicted molar refractivity (Wildman–Crippen MR) is 84.3 cm³/mol. The van der Waals surface area contributed by atoms with Crippen molar-refractivity contribution in [3.8, 4) is 16.9 Å². The molecule has 1 heterocycles. The number of hydrogen-bond acceptors (Lipinski definition) is 4. The van der Waals surface area contributed by atoms with Crippen molar-refractivity contribution in [2.75, 3.05) is 24.3 Å².